The van der Waals surface area contributed by atoms with Gasteiger partial charge in [-0.15, -0.1) is 0 Å². The van der Waals surface area contributed by atoms with Gasteiger partial charge in [0, 0.05) is 33.1 Å². The molecule has 0 aliphatic rings. The van der Waals surface area contributed by atoms with E-state index in [0.717, 1.165) is 55.5 Å². The van der Waals surface area contributed by atoms with E-state index in [4.69, 9.17) is 4.42 Å². The van der Waals surface area contributed by atoms with Gasteiger partial charge in [-0.1, -0.05) is 188 Å². The lowest BCUT2D eigenvalue weighted by atomic mass is 9.94. The number of anilines is 3. The zero-order valence-corrected chi connectivity index (χ0v) is 31.7. The Morgan fingerprint density at radius 1 is 0.259 bits per heavy atom. The molecule has 0 amide bonds. The van der Waals surface area contributed by atoms with Gasteiger partial charge in [0.2, 0.25) is 0 Å². The van der Waals surface area contributed by atoms with Crippen LogP contribution in [-0.2, 0) is 0 Å². The Balaban J connectivity index is 1.19. The number of nitrogens with zero attached hydrogens (tertiary/aromatic N) is 1. The predicted octanol–water partition coefficient (Wildman–Crippen LogP) is 16.0. The Hall–Kier alpha value is -7.68. The molecule has 0 fully saturated rings. The first-order valence-electron chi connectivity index (χ1n) is 19.8. The molecule has 0 N–H and O–H groups in total. The minimum atomic E-state index is 0.869. The van der Waals surface area contributed by atoms with Crippen molar-refractivity contribution in [3.63, 3.8) is 0 Å². The molecule has 11 rings (SSSR count). The summed E-state index contributed by atoms with van der Waals surface area (Å²) in [5, 5.41) is 6.97. The van der Waals surface area contributed by atoms with Crippen LogP contribution in [0.15, 0.2) is 229 Å². The fraction of sp³-hybridized carbons (Fsp3) is 0. The summed E-state index contributed by atoms with van der Waals surface area (Å²) in [6.07, 6.45) is 0. The quantitative estimate of drug-likeness (QED) is 0.151. The molecule has 0 aliphatic carbocycles. The summed E-state index contributed by atoms with van der Waals surface area (Å²) >= 11 is 0. The first-order chi connectivity index (χ1) is 28.8. The topological polar surface area (TPSA) is 16.4 Å². The number of benzene rings is 10. The molecule has 58 heavy (non-hydrogen) atoms. The Bertz CT molecular complexity index is 3140. The minimum absolute atomic E-state index is 0.869. The van der Waals surface area contributed by atoms with Crippen LogP contribution in [0.5, 0.6) is 0 Å². The minimum Gasteiger partial charge on any atom is -0.455 e. The van der Waals surface area contributed by atoms with Gasteiger partial charge in [-0.2, -0.15) is 0 Å². The molecule has 0 radical (unpaired) electrons. The average molecular weight is 740 g/mol. The highest BCUT2D eigenvalue weighted by atomic mass is 16.3. The van der Waals surface area contributed by atoms with Gasteiger partial charge in [0.1, 0.15) is 11.2 Å². The lowest BCUT2D eigenvalue weighted by molar-refractivity contribution is 0.674. The number of furan rings is 1. The molecule has 2 heteroatoms. The molecule has 11 aromatic rings. The predicted molar refractivity (Wildman–Crippen MR) is 245 cm³/mol. The fourth-order valence-electron chi connectivity index (χ4n) is 8.68. The summed E-state index contributed by atoms with van der Waals surface area (Å²) in [4.78, 5) is 2.38. The summed E-state index contributed by atoms with van der Waals surface area (Å²) in [6.45, 7) is 0. The van der Waals surface area contributed by atoms with Crippen LogP contribution in [-0.4, -0.2) is 0 Å². The first kappa shape index (κ1) is 33.6. The third-order valence-electron chi connectivity index (χ3n) is 11.5. The lowest BCUT2D eigenvalue weighted by Crippen LogP contribution is -2.11. The highest BCUT2D eigenvalue weighted by Crippen LogP contribution is 2.49. The van der Waals surface area contributed by atoms with E-state index >= 15 is 0 Å². The smallest absolute Gasteiger partial charge is 0.145 e. The van der Waals surface area contributed by atoms with Gasteiger partial charge in [0.05, 0.1) is 5.69 Å². The standard InChI is InChI=1S/C56H37NO/c1-4-14-38(15-5-1)41-24-26-44(27-25-41)53-52(37-36-51-54-49-22-12-10-20-47(49)48-21-11-13-23-50(48)55(54)58-56(51)53)57(45-32-28-42(29-33-45)39-16-6-2-7-17-39)46-34-30-43(31-35-46)40-18-8-3-9-19-40/h1-37H. The third kappa shape index (κ3) is 5.74. The van der Waals surface area contributed by atoms with E-state index < -0.39 is 0 Å². The summed E-state index contributed by atoms with van der Waals surface area (Å²) in [5.74, 6) is 0. The van der Waals surface area contributed by atoms with Crippen LogP contribution in [0.2, 0.25) is 0 Å². The molecule has 10 aromatic carbocycles. The zero-order valence-electron chi connectivity index (χ0n) is 31.7. The molecular weight excluding hydrogens is 703 g/mol. The fourth-order valence-corrected chi connectivity index (χ4v) is 8.68. The highest BCUT2D eigenvalue weighted by Gasteiger charge is 2.25. The maximum atomic E-state index is 7.26. The van der Waals surface area contributed by atoms with Crippen molar-refractivity contribution < 1.29 is 4.42 Å². The third-order valence-corrected chi connectivity index (χ3v) is 11.5. The van der Waals surface area contributed by atoms with E-state index in [1.54, 1.807) is 0 Å². The van der Waals surface area contributed by atoms with Gasteiger partial charge in [0.15, 0.2) is 0 Å². The summed E-state index contributed by atoms with van der Waals surface area (Å²) in [6, 6.07) is 80.4. The molecule has 272 valence electrons. The van der Waals surface area contributed by atoms with Gasteiger partial charge in [-0.3, -0.25) is 0 Å². The Morgan fingerprint density at radius 2 is 0.638 bits per heavy atom. The van der Waals surface area contributed by atoms with E-state index in [1.807, 2.05) is 0 Å². The monoisotopic (exact) mass is 739 g/mol. The number of hydrogen-bond donors (Lipinski definition) is 0. The summed E-state index contributed by atoms with van der Waals surface area (Å²) < 4.78 is 7.26. The van der Waals surface area contributed by atoms with Crippen molar-refractivity contribution in [3.05, 3.63) is 224 Å². The average Bonchev–Trinajstić information content (AvgIpc) is 3.71. The summed E-state index contributed by atoms with van der Waals surface area (Å²) in [5.41, 5.74) is 14.1. The van der Waals surface area contributed by atoms with E-state index in [2.05, 4.69) is 229 Å². The van der Waals surface area contributed by atoms with E-state index in [-0.39, 0.29) is 0 Å². The lowest BCUT2D eigenvalue weighted by Gasteiger charge is -2.28. The Morgan fingerprint density at radius 3 is 1.14 bits per heavy atom. The molecule has 0 atom stereocenters. The van der Waals surface area contributed by atoms with Crippen LogP contribution in [0.25, 0.3) is 88.0 Å². The molecule has 1 heterocycles. The zero-order chi connectivity index (χ0) is 38.4. The maximum absolute atomic E-state index is 7.26. The number of fused-ring (bicyclic) bond motifs is 8. The molecule has 0 saturated heterocycles. The molecule has 0 saturated carbocycles. The SMILES string of the molecule is c1ccc(-c2ccc(-c3c(N(c4ccc(-c5ccccc5)cc4)c4ccc(-c5ccccc5)cc4)ccc4c3oc3c5ccccc5c5ccccc5c43)cc2)cc1. The molecule has 0 aliphatic heterocycles. The Kier molecular flexibility index (Phi) is 8.19. The molecule has 0 unspecified atom stereocenters. The van der Waals surface area contributed by atoms with E-state index in [0.29, 0.717) is 0 Å². The molecule has 2 nitrogen and oxygen atoms in total. The van der Waals surface area contributed by atoms with E-state index in [9.17, 15) is 0 Å². The van der Waals surface area contributed by atoms with Crippen LogP contribution in [0, 0.1) is 0 Å². The van der Waals surface area contributed by atoms with E-state index in [1.165, 1.54) is 49.5 Å². The Labute approximate surface area is 337 Å². The van der Waals surface area contributed by atoms with Crippen molar-refractivity contribution in [1.29, 1.82) is 0 Å². The van der Waals surface area contributed by atoms with Gasteiger partial charge in [0.25, 0.3) is 0 Å². The van der Waals surface area contributed by atoms with Crippen molar-refractivity contribution in [3.8, 4) is 44.5 Å². The summed E-state index contributed by atoms with van der Waals surface area (Å²) in [7, 11) is 0. The maximum Gasteiger partial charge on any atom is 0.145 e. The molecule has 1 aromatic heterocycles. The van der Waals surface area contributed by atoms with Gasteiger partial charge in [-0.05, 0) is 91.5 Å². The second-order valence-corrected chi connectivity index (χ2v) is 14.8. The highest BCUT2D eigenvalue weighted by molar-refractivity contribution is 6.31. The van der Waals surface area contributed by atoms with Gasteiger partial charge >= 0.3 is 0 Å². The molecule has 0 bridgehead atoms. The number of hydrogen-bond acceptors (Lipinski definition) is 2. The van der Waals surface area contributed by atoms with Crippen LogP contribution in [0.1, 0.15) is 0 Å². The van der Waals surface area contributed by atoms with Crippen molar-refractivity contribution in [2.75, 3.05) is 4.90 Å². The van der Waals surface area contributed by atoms with Crippen LogP contribution < -0.4 is 4.90 Å². The normalized spacial score (nSPS) is 11.4. The van der Waals surface area contributed by atoms with Crippen molar-refractivity contribution >= 4 is 60.5 Å². The van der Waals surface area contributed by atoms with Crippen LogP contribution in [0.4, 0.5) is 17.1 Å². The largest absolute Gasteiger partial charge is 0.455 e. The molecular formula is C56H37NO. The van der Waals surface area contributed by atoms with Crippen LogP contribution >= 0.6 is 0 Å². The van der Waals surface area contributed by atoms with Gasteiger partial charge < -0.3 is 9.32 Å². The van der Waals surface area contributed by atoms with Crippen molar-refractivity contribution in [2.45, 2.75) is 0 Å². The second-order valence-electron chi connectivity index (χ2n) is 14.8. The first-order valence-corrected chi connectivity index (χ1v) is 19.8. The number of rotatable bonds is 7. The van der Waals surface area contributed by atoms with Crippen molar-refractivity contribution in [2.24, 2.45) is 0 Å². The molecule has 0 spiro atoms. The van der Waals surface area contributed by atoms with Crippen LogP contribution in [0.3, 0.4) is 0 Å². The van der Waals surface area contributed by atoms with Gasteiger partial charge in [-0.25, -0.2) is 0 Å². The second kappa shape index (κ2) is 14.1. The van der Waals surface area contributed by atoms with Crippen molar-refractivity contribution in [1.82, 2.24) is 0 Å².